The maximum absolute atomic E-state index is 12.6. The molecule has 1 fully saturated rings. The van der Waals surface area contributed by atoms with Crippen LogP contribution in [0.2, 0.25) is 10.0 Å². The van der Waals surface area contributed by atoms with E-state index in [9.17, 15) is 4.79 Å². The summed E-state index contributed by atoms with van der Waals surface area (Å²) in [5.41, 5.74) is 3.90. The van der Waals surface area contributed by atoms with Gasteiger partial charge in [0.1, 0.15) is 0 Å². The van der Waals surface area contributed by atoms with E-state index in [1.807, 2.05) is 66.7 Å². The number of aliphatic imine (C=N–C) groups is 1. The number of halogens is 2. The summed E-state index contributed by atoms with van der Waals surface area (Å²) in [6.07, 6.45) is 1.89. The number of carbonyl (C=O) groups excluding carboxylic acids is 1. The molecule has 3 aromatic carbocycles. The van der Waals surface area contributed by atoms with Gasteiger partial charge in [0, 0.05) is 17.1 Å². The first-order valence-corrected chi connectivity index (χ1v) is 10.4. The van der Waals surface area contributed by atoms with Crippen LogP contribution in [0, 0.1) is 0 Å². The van der Waals surface area contributed by atoms with Crippen molar-refractivity contribution in [2.24, 2.45) is 4.99 Å². The van der Waals surface area contributed by atoms with Crippen LogP contribution >= 0.6 is 35.0 Å². The van der Waals surface area contributed by atoms with E-state index in [1.54, 1.807) is 24.1 Å². The van der Waals surface area contributed by atoms with Crippen molar-refractivity contribution in [2.75, 3.05) is 7.05 Å². The molecule has 0 saturated carbocycles. The Labute approximate surface area is 183 Å². The number of amides is 1. The van der Waals surface area contributed by atoms with E-state index < -0.39 is 0 Å². The zero-order valence-corrected chi connectivity index (χ0v) is 17.8. The molecule has 0 bridgehead atoms. The van der Waals surface area contributed by atoms with E-state index in [1.165, 1.54) is 11.8 Å². The largest absolute Gasteiger partial charge is 0.290 e. The van der Waals surface area contributed by atoms with Crippen molar-refractivity contribution in [1.29, 1.82) is 0 Å². The van der Waals surface area contributed by atoms with Gasteiger partial charge in [-0.15, -0.1) is 0 Å². The normalized spacial score (nSPS) is 16.8. The van der Waals surface area contributed by atoms with Gasteiger partial charge in [-0.05, 0) is 70.9 Å². The van der Waals surface area contributed by atoms with Crippen LogP contribution in [0.3, 0.4) is 0 Å². The summed E-state index contributed by atoms with van der Waals surface area (Å²) >= 11 is 13.2. The van der Waals surface area contributed by atoms with E-state index in [2.05, 4.69) is 4.99 Å². The average Bonchev–Trinajstić information content (AvgIpc) is 2.99. The van der Waals surface area contributed by atoms with Crippen LogP contribution in [-0.4, -0.2) is 23.0 Å². The van der Waals surface area contributed by atoms with Gasteiger partial charge in [0.15, 0.2) is 5.17 Å². The number of amidine groups is 1. The lowest BCUT2D eigenvalue weighted by Crippen LogP contribution is -2.23. The number of hydrogen-bond donors (Lipinski definition) is 0. The summed E-state index contributed by atoms with van der Waals surface area (Å²) in [6, 6.07) is 23.0. The van der Waals surface area contributed by atoms with Crippen molar-refractivity contribution >= 4 is 57.8 Å². The Morgan fingerprint density at radius 1 is 0.828 bits per heavy atom. The highest BCUT2D eigenvalue weighted by molar-refractivity contribution is 8.18. The van der Waals surface area contributed by atoms with E-state index in [0.717, 1.165) is 22.4 Å². The Kier molecular flexibility index (Phi) is 5.76. The molecule has 3 nitrogen and oxygen atoms in total. The maximum atomic E-state index is 12.6. The van der Waals surface area contributed by atoms with Crippen LogP contribution in [-0.2, 0) is 4.79 Å². The number of nitrogens with zero attached hydrogens (tertiary/aromatic N) is 2. The van der Waals surface area contributed by atoms with Crippen molar-refractivity contribution in [3.63, 3.8) is 0 Å². The second-order valence-corrected chi connectivity index (χ2v) is 8.36. The number of likely N-dealkylation sites (N-methyl/N-ethyl adjacent to an activating group) is 1. The molecule has 4 rings (SSSR count). The van der Waals surface area contributed by atoms with Crippen LogP contribution < -0.4 is 0 Å². The number of benzene rings is 3. The quantitative estimate of drug-likeness (QED) is 0.416. The van der Waals surface area contributed by atoms with Gasteiger partial charge in [-0.1, -0.05) is 59.6 Å². The summed E-state index contributed by atoms with van der Waals surface area (Å²) < 4.78 is 0. The van der Waals surface area contributed by atoms with Gasteiger partial charge in [0.2, 0.25) is 0 Å². The molecule has 144 valence electrons. The second-order valence-electron chi connectivity index (χ2n) is 6.47. The standard InChI is InChI=1S/C23H16Cl2N2OS/c1-27-22(28)21(29-23(27)26-20-12-10-19(25)11-13-20)14-15-2-4-16(5-3-15)17-6-8-18(24)9-7-17/h2-14H,1H3. The zero-order valence-electron chi connectivity index (χ0n) is 15.5. The zero-order chi connectivity index (χ0) is 20.4. The third-order valence-corrected chi connectivity index (χ3v) is 6.01. The van der Waals surface area contributed by atoms with E-state index in [4.69, 9.17) is 23.2 Å². The third-order valence-electron chi connectivity index (χ3n) is 4.44. The first kappa shape index (κ1) is 19.8. The summed E-state index contributed by atoms with van der Waals surface area (Å²) in [4.78, 5) is 19.4. The van der Waals surface area contributed by atoms with Gasteiger partial charge >= 0.3 is 0 Å². The van der Waals surface area contributed by atoms with Crippen molar-refractivity contribution in [1.82, 2.24) is 4.90 Å². The molecule has 0 atom stereocenters. The van der Waals surface area contributed by atoms with Gasteiger partial charge in [0.25, 0.3) is 5.91 Å². The molecule has 0 N–H and O–H groups in total. The highest BCUT2D eigenvalue weighted by atomic mass is 35.5. The van der Waals surface area contributed by atoms with Crippen LogP contribution in [0.15, 0.2) is 82.7 Å². The van der Waals surface area contributed by atoms with Crippen LogP contribution in [0.4, 0.5) is 5.69 Å². The Morgan fingerprint density at radius 3 is 1.93 bits per heavy atom. The molecular formula is C23H16Cl2N2OS. The SMILES string of the molecule is CN1C(=O)C(=Cc2ccc(-c3ccc(Cl)cc3)cc2)SC1=Nc1ccc(Cl)cc1. The average molecular weight is 439 g/mol. The molecule has 1 heterocycles. The molecule has 1 aliphatic rings. The highest BCUT2D eigenvalue weighted by Crippen LogP contribution is 2.33. The van der Waals surface area contributed by atoms with Crippen LogP contribution in [0.25, 0.3) is 17.2 Å². The van der Waals surface area contributed by atoms with Crippen molar-refractivity contribution in [3.8, 4) is 11.1 Å². The lowest BCUT2D eigenvalue weighted by atomic mass is 10.0. The molecule has 0 aliphatic carbocycles. The fraction of sp³-hybridized carbons (Fsp3) is 0.0435. The molecule has 3 aromatic rings. The number of thioether (sulfide) groups is 1. The summed E-state index contributed by atoms with van der Waals surface area (Å²) in [7, 11) is 1.73. The van der Waals surface area contributed by atoms with Gasteiger partial charge in [0.05, 0.1) is 10.6 Å². The molecule has 1 aliphatic heterocycles. The second kappa shape index (κ2) is 8.46. The van der Waals surface area contributed by atoms with Gasteiger partial charge < -0.3 is 0 Å². The first-order valence-electron chi connectivity index (χ1n) is 8.87. The molecule has 0 aromatic heterocycles. The fourth-order valence-electron chi connectivity index (χ4n) is 2.84. The molecule has 29 heavy (non-hydrogen) atoms. The van der Waals surface area contributed by atoms with Crippen molar-refractivity contribution < 1.29 is 4.79 Å². The van der Waals surface area contributed by atoms with Gasteiger partial charge in [-0.25, -0.2) is 4.99 Å². The lowest BCUT2D eigenvalue weighted by molar-refractivity contribution is -0.121. The molecule has 6 heteroatoms. The minimum absolute atomic E-state index is 0.0653. The monoisotopic (exact) mass is 438 g/mol. The predicted octanol–water partition coefficient (Wildman–Crippen LogP) is 6.89. The van der Waals surface area contributed by atoms with E-state index in [0.29, 0.717) is 20.1 Å². The summed E-state index contributed by atoms with van der Waals surface area (Å²) in [6.45, 7) is 0. The number of rotatable bonds is 3. The van der Waals surface area contributed by atoms with Gasteiger partial charge in [-0.3, -0.25) is 9.69 Å². The number of hydrogen-bond acceptors (Lipinski definition) is 3. The Hall–Kier alpha value is -2.53. The molecule has 1 amide bonds. The molecule has 1 saturated heterocycles. The fourth-order valence-corrected chi connectivity index (χ4v) is 4.08. The molecular weight excluding hydrogens is 423 g/mol. The Morgan fingerprint density at radius 2 is 1.34 bits per heavy atom. The minimum Gasteiger partial charge on any atom is -0.290 e. The van der Waals surface area contributed by atoms with Crippen LogP contribution in [0.5, 0.6) is 0 Å². The van der Waals surface area contributed by atoms with Gasteiger partial charge in [-0.2, -0.15) is 0 Å². The van der Waals surface area contributed by atoms with Crippen LogP contribution in [0.1, 0.15) is 5.56 Å². The van der Waals surface area contributed by atoms with E-state index in [-0.39, 0.29) is 5.91 Å². The predicted molar refractivity (Wildman–Crippen MR) is 124 cm³/mol. The van der Waals surface area contributed by atoms with E-state index >= 15 is 0 Å². The third kappa shape index (κ3) is 4.56. The maximum Gasteiger partial charge on any atom is 0.266 e. The first-order chi connectivity index (χ1) is 14.0. The summed E-state index contributed by atoms with van der Waals surface area (Å²) in [5, 5.41) is 2.01. The molecule has 0 radical (unpaired) electrons. The minimum atomic E-state index is -0.0653. The topological polar surface area (TPSA) is 32.7 Å². The summed E-state index contributed by atoms with van der Waals surface area (Å²) in [5.74, 6) is -0.0653. The van der Waals surface area contributed by atoms with Crippen molar-refractivity contribution in [2.45, 2.75) is 0 Å². The molecule has 0 spiro atoms. The number of carbonyl (C=O) groups is 1. The Bertz CT molecular complexity index is 1110. The Balaban J connectivity index is 1.55. The van der Waals surface area contributed by atoms with Crippen molar-refractivity contribution in [3.05, 3.63) is 93.3 Å². The lowest BCUT2D eigenvalue weighted by Gasteiger charge is -2.07. The molecule has 0 unspecified atom stereocenters. The smallest absolute Gasteiger partial charge is 0.266 e. The highest BCUT2D eigenvalue weighted by Gasteiger charge is 2.30.